The minimum atomic E-state index is -0.931. The third kappa shape index (κ3) is 2.15. The minimum absolute atomic E-state index is 0.594. The Hall–Kier alpha value is -1.77. The van der Waals surface area contributed by atoms with Crippen LogP contribution < -0.4 is 0 Å². The van der Waals surface area contributed by atoms with Gasteiger partial charge in [0.2, 0.25) is 0 Å². The van der Waals surface area contributed by atoms with Gasteiger partial charge in [-0.3, -0.25) is 0 Å². The fourth-order valence-electron chi connectivity index (χ4n) is 3.17. The normalized spacial score (nSPS) is 21.4. The van der Waals surface area contributed by atoms with E-state index >= 15 is 0 Å². The number of aryl methyl sites for hydroxylation is 1. The summed E-state index contributed by atoms with van der Waals surface area (Å²) in [5.41, 5.74) is 2.35. The molecule has 1 atom stereocenters. The first-order chi connectivity index (χ1) is 10.1. The van der Waals surface area contributed by atoms with Crippen LogP contribution >= 0.6 is 11.6 Å². The summed E-state index contributed by atoms with van der Waals surface area (Å²) in [6, 6.07) is 15.7. The van der Waals surface area contributed by atoms with Gasteiger partial charge in [0.25, 0.3) is 0 Å². The Morgan fingerprint density at radius 2 is 1.86 bits per heavy atom. The molecule has 3 heteroatoms. The zero-order valence-corrected chi connectivity index (χ0v) is 12.2. The Balaban J connectivity index is 1.77. The highest BCUT2D eigenvalue weighted by atomic mass is 35.5. The van der Waals surface area contributed by atoms with Crippen molar-refractivity contribution in [2.45, 2.75) is 24.9 Å². The number of aliphatic hydroxyl groups is 1. The van der Waals surface area contributed by atoms with Crippen LogP contribution in [0.25, 0.3) is 11.0 Å². The smallest absolute Gasteiger partial charge is 0.137 e. The highest BCUT2D eigenvalue weighted by molar-refractivity contribution is 6.31. The molecule has 2 aromatic carbocycles. The number of fused-ring (bicyclic) bond motifs is 2. The fraction of sp³-hybridized carbons (Fsp3) is 0.222. The van der Waals surface area contributed by atoms with E-state index in [9.17, 15) is 5.11 Å². The molecular formula is C18H15ClO2. The van der Waals surface area contributed by atoms with Crippen LogP contribution in [0.3, 0.4) is 0 Å². The van der Waals surface area contributed by atoms with Crippen molar-refractivity contribution in [2.24, 2.45) is 0 Å². The molecule has 1 heterocycles. The molecule has 1 aliphatic rings. The molecule has 0 bridgehead atoms. The molecule has 1 aliphatic carbocycles. The lowest BCUT2D eigenvalue weighted by Gasteiger charge is -2.31. The molecule has 0 amide bonds. The summed E-state index contributed by atoms with van der Waals surface area (Å²) in [7, 11) is 0. The summed E-state index contributed by atoms with van der Waals surface area (Å²) in [5, 5.41) is 12.6. The van der Waals surface area contributed by atoms with Crippen molar-refractivity contribution in [2.75, 3.05) is 0 Å². The van der Waals surface area contributed by atoms with Crippen molar-refractivity contribution in [3.05, 3.63) is 70.4 Å². The topological polar surface area (TPSA) is 33.4 Å². The predicted molar refractivity (Wildman–Crippen MR) is 83.6 cm³/mol. The Morgan fingerprint density at radius 3 is 2.71 bits per heavy atom. The van der Waals surface area contributed by atoms with E-state index in [1.807, 2.05) is 30.3 Å². The van der Waals surface area contributed by atoms with Gasteiger partial charge in [-0.2, -0.15) is 0 Å². The highest BCUT2D eigenvalue weighted by Crippen LogP contribution is 2.39. The molecule has 0 saturated carbocycles. The van der Waals surface area contributed by atoms with Gasteiger partial charge in [-0.15, -0.1) is 0 Å². The van der Waals surface area contributed by atoms with Gasteiger partial charge in [0.15, 0.2) is 0 Å². The van der Waals surface area contributed by atoms with Gasteiger partial charge in [-0.25, -0.2) is 0 Å². The first kappa shape index (κ1) is 12.9. The SMILES string of the molecule is OC1(c2cc3cc(Cl)ccc3o2)CCc2ccccc2C1. The van der Waals surface area contributed by atoms with E-state index in [1.54, 1.807) is 6.07 Å². The molecule has 0 spiro atoms. The zero-order chi connectivity index (χ0) is 14.4. The van der Waals surface area contributed by atoms with Crippen molar-refractivity contribution >= 4 is 22.6 Å². The van der Waals surface area contributed by atoms with Gasteiger partial charge < -0.3 is 9.52 Å². The molecule has 1 N–H and O–H groups in total. The number of rotatable bonds is 1. The molecular weight excluding hydrogens is 284 g/mol. The summed E-state index contributed by atoms with van der Waals surface area (Å²) < 4.78 is 5.87. The van der Waals surface area contributed by atoms with Crippen molar-refractivity contribution in [1.82, 2.24) is 0 Å². The van der Waals surface area contributed by atoms with Gasteiger partial charge in [0.05, 0.1) is 0 Å². The van der Waals surface area contributed by atoms with Crippen LogP contribution in [0, 0.1) is 0 Å². The Morgan fingerprint density at radius 1 is 1.05 bits per heavy atom. The molecule has 0 radical (unpaired) electrons. The van der Waals surface area contributed by atoms with E-state index in [-0.39, 0.29) is 0 Å². The maximum absolute atomic E-state index is 11.0. The summed E-state index contributed by atoms with van der Waals surface area (Å²) in [5.74, 6) is 0.634. The Labute approximate surface area is 128 Å². The van der Waals surface area contributed by atoms with Gasteiger partial charge in [0, 0.05) is 16.8 Å². The van der Waals surface area contributed by atoms with Crippen LogP contribution in [0.15, 0.2) is 52.9 Å². The van der Waals surface area contributed by atoms with E-state index in [2.05, 4.69) is 12.1 Å². The number of hydrogen-bond donors (Lipinski definition) is 1. The second-order valence-corrected chi connectivity index (χ2v) is 6.21. The molecule has 2 nitrogen and oxygen atoms in total. The van der Waals surface area contributed by atoms with E-state index in [4.69, 9.17) is 16.0 Å². The largest absolute Gasteiger partial charge is 0.458 e. The van der Waals surface area contributed by atoms with Gasteiger partial charge in [-0.05, 0) is 48.2 Å². The number of halogens is 1. The minimum Gasteiger partial charge on any atom is -0.458 e. The first-order valence-electron chi connectivity index (χ1n) is 7.13. The fourth-order valence-corrected chi connectivity index (χ4v) is 3.35. The summed E-state index contributed by atoms with van der Waals surface area (Å²) in [4.78, 5) is 0. The number of hydrogen-bond acceptors (Lipinski definition) is 2. The molecule has 1 unspecified atom stereocenters. The second kappa shape index (κ2) is 4.62. The molecule has 3 aromatic rings. The summed E-state index contributed by atoms with van der Waals surface area (Å²) in [6.07, 6.45) is 2.14. The average Bonchev–Trinajstić information content (AvgIpc) is 2.91. The molecule has 106 valence electrons. The quantitative estimate of drug-likeness (QED) is 0.719. The van der Waals surface area contributed by atoms with Gasteiger partial charge in [-0.1, -0.05) is 35.9 Å². The lowest BCUT2D eigenvalue weighted by Crippen LogP contribution is -2.32. The highest BCUT2D eigenvalue weighted by Gasteiger charge is 2.36. The van der Waals surface area contributed by atoms with Crippen LogP contribution in [-0.4, -0.2) is 5.11 Å². The van der Waals surface area contributed by atoms with E-state index in [0.29, 0.717) is 23.6 Å². The average molecular weight is 299 g/mol. The predicted octanol–water partition coefficient (Wildman–Crippen LogP) is 4.46. The molecule has 0 saturated heterocycles. The van der Waals surface area contributed by atoms with Crippen molar-refractivity contribution in [3.8, 4) is 0 Å². The molecule has 4 rings (SSSR count). The Bertz CT molecular complexity index is 821. The van der Waals surface area contributed by atoms with E-state index in [0.717, 1.165) is 17.4 Å². The van der Waals surface area contributed by atoms with E-state index < -0.39 is 5.60 Å². The lowest BCUT2D eigenvalue weighted by atomic mass is 9.79. The molecule has 21 heavy (non-hydrogen) atoms. The maximum atomic E-state index is 11.0. The third-order valence-corrected chi connectivity index (χ3v) is 4.58. The zero-order valence-electron chi connectivity index (χ0n) is 11.5. The van der Waals surface area contributed by atoms with Crippen LogP contribution in [0.2, 0.25) is 5.02 Å². The maximum Gasteiger partial charge on any atom is 0.137 e. The molecule has 0 aliphatic heterocycles. The first-order valence-corrected chi connectivity index (χ1v) is 7.51. The van der Waals surface area contributed by atoms with Crippen LogP contribution in [-0.2, 0) is 18.4 Å². The van der Waals surface area contributed by atoms with Gasteiger partial charge in [0.1, 0.15) is 16.9 Å². The summed E-state index contributed by atoms with van der Waals surface area (Å²) in [6.45, 7) is 0. The third-order valence-electron chi connectivity index (χ3n) is 4.35. The molecule has 0 fully saturated rings. The lowest BCUT2D eigenvalue weighted by molar-refractivity contribution is 0.00266. The Kier molecular flexibility index (Phi) is 2.84. The monoisotopic (exact) mass is 298 g/mol. The van der Waals surface area contributed by atoms with Crippen LogP contribution in [0.4, 0.5) is 0 Å². The standard InChI is InChI=1S/C18H15ClO2/c19-15-5-6-16-14(9-15)10-17(21-16)18(20)8-7-12-3-1-2-4-13(12)11-18/h1-6,9-10,20H,7-8,11H2. The number of benzene rings is 2. The van der Waals surface area contributed by atoms with Crippen molar-refractivity contribution in [1.29, 1.82) is 0 Å². The molecule has 1 aromatic heterocycles. The van der Waals surface area contributed by atoms with Crippen LogP contribution in [0.1, 0.15) is 23.3 Å². The summed E-state index contributed by atoms with van der Waals surface area (Å²) >= 11 is 6.01. The van der Waals surface area contributed by atoms with Gasteiger partial charge >= 0.3 is 0 Å². The second-order valence-electron chi connectivity index (χ2n) is 5.77. The van der Waals surface area contributed by atoms with Crippen LogP contribution in [0.5, 0.6) is 0 Å². The number of furan rings is 1. The van der Waals surface area contributed by atoms with E-state index in [1.165, 1.54) is 11.1 Å². The van der Waals surface area contributed by atoms with Crippen molar-refractivity contribution < 1.29 is 9.52 Å². The van der Waals surface area contributed by atoms with Crippen molar-refractivity contribution in [3.63, 3.8) is 0 Å².